The molecule has 0 aliphatic heterocycles. The van der Waals surface area contributed by atoms with Gasteiger partial charge in [-0.15, -0.1) is 11.8 Å². The Morgan fingerprint density at radius 2 is 2.18 bits per heavy atom. The van der Waals surface area contributed by atoms with Crippen LogP contribution in [-0.2, 0) is 0 Å². The van der Waals surface area contributed by atoms with Crippen molar-refractivity contribution >= 4 is 11.8 Å². The molecule has 0 atom stereocenters. The molecule has 0 aliphatic carbocycles. The molecule has 0 heterocycles. The third kappa shape index (κ3) is 2.22. The smallest absolute Gasteiger partial charge is 0.136 e. The van der Waals surface area contributed by atoms with Crippen LogP contribution in [0.1, 0.15) is 12.5 Å². The topological polar surface area (TPSA) is 0 Å². The predicted octanol–water partition coefficient (Wildman–Crippen LogP) is 3.25. The maximum Gasteiger partial charge on any atom is 0.136 e. The molecule has 0 aliphatic rings. The molecule has 1 aromatic rings. The minimum absolute atomic E-state index is 0.109. The first-order chi connectivity index (χ1) is 5.24. The first-order valence-electron chi connectivity index (χ1n) is 3.63. The first kappa shape index (κ1) is 8.60. The maximum absolute atomic E-state index is 12.9. The van der Waals surface area contributed by atoms with Crippen LogP contribution in [-0.4, -0.2) is 5.75 Å². The lowest BCUT2D eigenvalue weighted by atomic mass is 10.2. The molecule has 2 heteroatoms. The van der Waals surface area contributed by atoms with Crippen LogP contribution in [0.3, 0.4) is 0 Å². The van der Waals surface area contributed by atoms with Crippen LogP contribution in [0.15, 0.2) is 23.1 Å². The molecule has 0 saturated carbocycles. The molecule has 0 bridgehead atoms. The summed E-state index contributed by atoms with van der Waals surface area (Å²) in [4.78, 5) is 0.757. The van der Waals surface area contributed by atoms with Crippen molar-refractivity contribution in [3.05, 3.63) is 29.6 Å². The summed E-state index contributed by atoms with van der Waals surface area (Å²) in [5.41, 5.74) is 1.11. The van der Waals surface area contributed by atoms with Crippen molar-refractivity contribution in [1.82, 2.24) is 0 Å². The fourth-order valence-electron chi connectivity index (χ4n) is 0.877. The van der Waals surface area contributed by atoms with Crippen molar-refractivity contribution in [2.24, 2.45) is 0 Å². The van der Waals surface area contributed by atoms with Crippen molar-refractivity contribution in [1.29, 1.82) is 0 Å². The zero-order valence-electron chi connectivity index (χ0n) is 6.73. The summed E-state index contributed by atoms with van der Waals surface area (Å²) in [5, 5.41) is 0. The highest BCUT2D eigenvalue weighted by Gasteiger charge is 1.99. The summed E-state index contributed by atoms with van der Waals surface area (Å²) in [6.07, 6.45) is 0. The van der Waals surface area contributed by atoms with Gasteiger partial charge in [0.2, 0.25) is 0 Å². The molecule has 0 aromatic heterocycles. The Hall–Kier alpha value is -0.500. The summed E-state index contributed by atoms with van der Waals surface area (Å²) < 4.78 is 12.9. The first-order valence-corrected chi connectivity index (χ1v) is 4.61. The lowest BCUT2D eigenvalue weighted by Crippen LogP contribution is -1.82. The van der Waals surface area contributed by atoms with Gasteiger partial charge >= 0.3 is 0 Å². The van der Waals surface area contributed by atoms with Gasteiger partial charge in [0.1, 0.15) is 5.82 Å². The second-order valence-electron chi connectivity index (χ2n) is 2.37. The van der Waals surface area contributed by atoms with E-state index in [2.05, 4.69) is 0 Å². The van der Waals surface area contributed by atoms with E-state index in [1.54, 1.807) is 17.8 Å². The average molecular weight is 170 g/mol. The molecule has 0 nitrogen and oxygen atoms in total. The van der Waals surface area contributed by atoms with E-state index >= 15 is 0 Å². The summed E-state index contributed by atoms with van der Waals surface area (Å²) in [7, 11) is 0. The van der Waals surface area contributed by atoms with Crippen LogP contribution >= 0.6 is 11.8 Å². The van der Waals surface area contributed by atoms with Crippen molar-refractivity contribution in [2.75, 3.05) is 5.75 Å². The van der Waals surface area contributed by atoms with Gasteiger partial charge in [-0.05, 0) is 30.4 Å². The van der Waals surface area contributed by atoms with Gasteiger partial charge in [0.15, 0.2) is 0 Å². The highest BCUT2D eigenvalue weighted by Crippen LogP contribution is 2.21. The lowest BCUT2D eigenvalue weighted by molar-refractivity contribution is 0.601. The molecule has 1 rings (SSSR count). The van der Waals surface area contributed by atoms with Gasteiger partial charge in [-0.3, -0.25) is 0 Å². The molecule has 0 radical (unpaired) electrons. The van der Waals surface area contributed by atoms with Gasteiger partial charge in [-0.25, -0.2) is 4.39 Å². The Bertz CT molecular complexity index is 245. The van der Waals surface area contributed by atoms with E-state index in [9.17, 15) is 4.39 Å². The Morgan fingerprint density at radius 3 is 2.82 bits per heavy atom. The Morgan fingerprint density at radius 1 is 1.45 bits per heavy atom. The van der Waals surface area contributed by atoms with Gasteiger partial charge in [-0.1, -0.05) is 13.0 Å². The van der Waals surface area contributed by atoms with Crippen molar-refractivity contribution in [3.63, 3.8) is 0 Å². The molecular weight excluding hydrogens is 159 g/mol. The van der Waals surface area contributed by atoms with E-state index in [-0.39, 0.29) is 5.82 Å². The molecule has 0 unspecified atom stereocenters. The van der Waals surface area contributed by atoms with Crippen LogP contribution in [0, 0.1) is 12.7 Å². The SMILES string of the molecule is CCSc1cc(C)ccc1F. The quantitative estimate of drug-likeness (QED) is 0.614. The summed E-state index contributed by atoms with van der Waals surface area (Å²) in [6, 6.07) is 5.19. The van der Waals surface area contributed by atoms with Gasteiger partial charge in [-0.2, -0.15) is 0 Å². The van der Waals surface area contributed by atoms with Gasteiger partial charge in [0.25, 0.3) is 0 Å². The molecule has 0 spiro atoms. The van der Waals surface area contributed by atoms with Crippen LogP contribution in [0.25, 0.3) is 0 Å². The number of hydrogen-bond donors (Lipinski definition) is 0. The van der Waals surface area contributed by atoms with Crippen molar-refractivity contribution in [3.8, 4) is 0 Å². The fourth-order valence-corrected chi connectivity index (χ4v) is 1.66. The largest absolute Gasteiger partial charge is 0.206 e. The number of benzene rings is 1. The van der Waals surface area contributed by atoms with Crippen LogP contribution in [0.2, 0.25) is 0 Å². The summed E-state index contributed by atoms with van der Waals surface area (Å²) in [5.74, 6) is 0.808. The Balaban J connectivity index is 2.93. The van der Waals surface area contributed by atoms with Crippen LogP contribution in [0.4, 0.5) is 4.39 Å². The molecule has 60 valence electrons. The second-order valence-corrected chi connectivity index (χ2v) is 3.67. The monoisotopic (exact) mass is 170 g/mol. The number of thioether (sulfide) groups is 1. The third-order valence-electron chi connectivity index (χ3n) is 1.39. The van der Waals surface area contributed by atoms with E-state index < -0.39 is 0 Å². The normalized spacial score (nSPS) is 10.1. The molecule has 0 fully saturated rings. The summed E-state index contributed by atoms with van der Waals surface area (Å²) >= 11 is 1.54. The number of hydrogen-bond acceptors (Lipinski definition) is 1. The molecule has 0 amide bonds. The lowest BCUT2D eigenvalue weighted by Gasteiger charge is -2.00. The van der Waals surface area contributed by atoms with E-state index in [0.29, 0.717) is 0 Å². The number of rotatable bonds is 2. The average Bonchev–Trinajstić information content (AvgIpc) is 1.98. The fraction of sp³-hybridized carbons (Fsp3) is 0.333. The molecule has 1 aromatic carbocycles. The minimum atomic E-state index is -0.109. The standard InChI is InChI=1S/C9H11FS/c1-3-11-9-6-7(2)4-5-8(9)10/h4-6H,3H2,1-2H3. The van der Waals surface area contributed by atoms with Crippen LogP contribution in [0.5, 0.6) is 0 Å². The van der Waals surface area contributed by atoms with Crippen LogP contribution < -0.4 is 0 Å². The zero-order chi connectivity index (χ0) is 8.27. The van der Waals surface area contributed by atoms with E-state index in [1.807, 2.05) is 19.9 Å². The van der Waals surface area contributed by atoms with E-state index in [0.717, 1.165) is 16.2 Å². The molecule has 0 N–H and O–H groups in total. The second kappa shape index (κ2) is 3.77. The Kier molecular flexibility index (Phi) is 2.94. The Labute approximate surface area is 70.8 Å². The van der Waals surface area contributed by atoms with E-state index in [4.69, 9.17) is 0 Å². The minimum Gasteiger partial charge on any atom is -0.206 e. The zero-order valence-corrected chi connectivity index (χ0v) is 7.54. The van der Waals surface area contributed by atoms with Gasteiger partial charge in [0, 0.05) is 4.90 Å². The molecule has 11 heavy (non-hydrogen) atoms. The number of halogens is 1. The maximum atomic E-state index is 12.9. The highest BCUT2D eigenvalue weighted by atomic mass is 32.2. The molecular formula is C9H11FS. The van der Waals surface area contributed by atoms with Gasteiger partial charge < -0.3 is 0 Å². The summed E-state index contributed by atoms with van der Waals surface area (Å²) in [6.45, 7) is 3.99. The van der Waals surface area contributed by atoms with E-state index in [1.165, 1.54) is 6.07 Å². The van der Waals surface area contributed by atoms with Gasteiger partial charge in [0.05, 0.1) is 0 Å². The molecule has 0 saturated heterocycles. The van der Waals surface area contributed by atoms with Crippen molar-refractivity contribution in [2.45, 2.75) is 18.7 Å². The highest BCUT2D eigenvalue weighted by molar-refractivity contribution is 7.99. The number of aryl methyl sites for hydroxylation is 1. The third-order valence-corrected chi connectivity index (χ3v) is 2.30. The van der Waals surface area contributed by atoms with Crippen molar-refractivity contribution < 1.29 is 4.39 Å². The predicted molar refractivity (Wildman–Crippen MR) is 47.5 cm³/mol.